The Balaban J connectivity index is 2.71. The molecule has 0 saturated heterocycles. The summed E-state index contributed by atoms with van der Waals surface area (Å²) >= 11 is 0. The Morgan fingerprint density at radius 3 is 2.30 bits per heavy atom. The van der Waals surface area contributed by atoms with Gasteiger partial charge < -0.3 is 10.2 Å². The summed E-state index contributed by atoms with van der Waals surface area (Å²) in [5.41, 5.74) is 1.35. The zero-order valence-electron chi connectivity index (χ0n) is 13.7. The van der Waals surface area contributed by atoms with Crippen molar-refractivity contribution in [3.63, 3.8) is 0 Å². The van der Waals surface area contributed by atoms with E-state index >= 15 is 0 Å². The average Bonchev–Trinajstić information content (AvgIpc) is 2.47. The highest BCUT2D eigenvalue weighted by Crippen LogP contribution is 2.16. The van der Waals surface area contributed by atoms with Crippen molar-refractivity contribution in [2.75, 3.05) is 24.5 Å². The molecule has 0 radical (unpaired) electrons. The van der Waals surface area contributed by atoms with Gasteiger partial charge in [0.2, 0.25) is 0 Å². The van der Waals surface area contributed by atoms with Gasteiger partial charge in [0.25, 0.3) is 0 Å². The lowest BCUT2D eigenvalue weighted by Gasteiger charge is -2.32. The van der Waals surface area contributed by atoms with Crippen molar-refractivity contribution in [1.29, 1.82) is 0 Å². The van der Waals surface area contributed by atoms with E-state index in [1.807, 2.05) is 0 Å². The van der Waals surface area contributed by atoms with Crippen molar-refractivity contribution in [1.82, 2.24) is 5.32 Å². The second-order valence-corrected chi connectivity index (χ2v) is 5.94. The topological polar surface area (TPSA) is 15.3 Å². The highest BCUT2D eigenvalue weighted by Gasteiger charge is 2.17. The Labute approximate surface area is 125 Å². The van der Waals surface area contributed by atoms with E-state index in [2.05, 4.69) is 68.2 Å². The van der Waals surface area contributed by atoms with Crippen molar-refractivity contribution in [2.45, 2.75) is 53.0 Å². The molecule has 0 fully saturated rings. The first kappa shape index (κ1) is 17.0. The molecule has 1 unspecified atom stereocenters. The standard InChI is InChI=1S/C18H32N2/c1-5-7-14-20(17-11-9-8-10-12-17)15-18(16(3)4)19-13-6-2/h8-12,16,18-19H,5-7,13-15H2,1-4H3. The van der Waals surface area contributed by atoms with Crippen molar-refractivity contribution >= 4 is 5.69 Å². The second-order valence-electron chi connectivity index (χ2n) is 5.94. The lowest BCUT2D eigenvalue weighted by atomic mass is 10.0. The Kier molecular flexibility index (Phi) is 8.36. The van der Waals surface area contributed by atoms with Gasteiger partial charge in [-0.1, -0.05) is 52.3 Å². The summed E-state index contributed by atoms with van der Waals surface area (Å²) in [6.07, 6.45) is 3.70. The van der Waals surface area contributed by atoms with Crippen molar-refractivity contribution in [2.24, 2.45) is 5.92 Å². The van der Waals surface area contributed by atoms with Gasteiger partial charge in [0.05, 0.1) is 0 Å². The van der Waals surface area contributed by atoms with Crippen LogP contribution in [-0.2, 0) is 0 Å². The predicted molar refractivity (Wildman–Crippen MR) is 90.5 cm³/mol. The van der Waals surface area contributed by atoms with E-state index in [0.717, 1.165) is 19.6 Å². The molecule has 1 aromatic rings. The summed E-state index contributed by atoms with van der Waals surface area (Å²) in [7, 11) is 0. The maximum absolute atomic E-state index is 3.70. The molecule has 2 heteroatoms. The van der Waals surface area contributed by atoms with Gasteiger partial charge in [-0.25, -0.2) is 0 Å². The molecular formula is C18H32N2. The Morgan fingerprint density at radius 1 is 1.05 bits per heavy atom. The van der Waals surface area contributed by atoms with Crippen molar-refractivity contribution in [3.8, 4) is 0 Å². The minimum absolute atomic E-state index is 0.562. The molecular weight excluding hydrogens is 244 g/mol. The normalized spacial score (nSPS) is 12.7. The number of nitrogens with zero attached hydrogens (tertiary/aromatic N) is 1. The minimum Gasteiger partial charge on any atom is -0.370 e. The SMILES string of the molecule is CCCCN(CC(NCCC)C(C)C)c1ccccc1. The molecule has 1 rings (SSSR count). The third-order valence-corrected chi connectivity index (χ3v) is 3.78. The quantitative estimate of drug-likeness (QED) is 0.685. The molecule has 0 aliphatic rings. The zero-order valence-corrected chi connectivity index (χ0v) is 13.7. The number of hydrogen-bond donors (Lipinski definition) is 1. The third kappa shape index (κ3) is 5.96. The predicted octanol–water partition coefficient (Wildman–Crippen LogP) is 4.32. The molecule has 114 valence electrons. The molecule has 0 aliphatic carbocycles. The summed E-state index contributed by atoms with van der Waals surface area (Å²) < 4.78 is 0. The van der Waals surface area contributed by atoms with Gasteiger partial charge in [-0.15, -0.1) is 0 Å². The van der Waals surface area contributed by atoms with Gasteiger partial charge in [-0.2, -0.15) is 0 Å². The van der Waals surface area contributed by atoms with Crippen LogP contribution in [0.1, 0.15) is 47.0 Å². The van der Waals surface area contributed by atoms with E-state index < -0.39 is 0 Å². The summed E-state index contributed by atoms with van der Waals surface area (Å²) in [4.78, 5) is 2.54. The molecule has 1 aromatic carbocycles. The van der Waals surface area contributed by atoms with E-state index in [0.29, 0.717) is 12.0 Å². The van der Waals surface area contributed by atoms with Crippen LogP contribution in [-0.4, -0.2) is 25.7 Å². The van der Waals surface area contributed by atoms with Crippen molar-refractivity contribution < 1.29 is 0 Å². The fraction of sp³-hybridized carbons (Fsp3) is 0.667. The number of benzene rings is 1. The van der Waals surface area contributed by atoms with E-state index in [4.69, 9.17) is 0 Å². The first-order valence-corrected chi connectivity index (χ1v) is 8.22. The Morgan fingerprint density at radius 2 is 1.75 bits per heavy atom. The van der Waals surface area contributed by atoms with E-state index in [-0.39, 0.29) is 0 Å². The molecule has 0 amide bonds. The van der Waals surface area contributed by atoms with Gasteiger partial charge in [0, 0.05) is 24.8 Å². The molecule has 1 N–H and O–H groups in total. The number of nitrogens with one attached hydrogen (secondary N) is 1. The highest BCUT2D eigenvalue weighted by molar-refractivity contribution is 5.46. The van der Waals surface area contributed by atoms with Gasteiger partial charge >= 0.3 is 0 Å². The fourth-order valence-corrected chi connectivity index (χ4v) is 2.39. The molecule has 0 heterocycles. The molecule has 1 atom stereocenters. The smallest absolute Gasteiger partial charge is 0.0366 e. The van der Waals surface area contributed by atoms with Crippen LogP contribution in [0.15, 0.2) is 30.3 Å². The maximum Gasteiger partial charge on any atom is 0.0366 e. The highest BCUT2D eigenvalue weighted by atomic mass is 15.2. The first-order valence-electron chi connectivity index (χ1n) is 8.22. The van der Waals surface area contributed by atoms with Crippen LogP contribution in [0.4, 0.5) is 5.69 Å². The van der Waals surface area contributed by atoms with Gasteiger partial charge in [0.1, 0.15) is 0 Å². The lowest BCUT2D eigenvalue weighted by molar-refractivity contribution is 0.396. The molecule has 2 nitrogen and oxygen atoms in total. The van der Waals surface area contributed by atoms with Crippen LogP contribution in [0.3, 0.4) is 0 Å². The van der Waals surface area contributed by atoms with Crippen LogP contribution in [0.25, 0.3) is 0 Å². The summed E-state index contributed by atoms with van der Waals surface area (Å²) in [5, 5.41) is 3.70. The van der Waals surface area contributed by atoms with Crippen LogP contribution < -0.4 is 10.2 Å². The van der Waals surface area contributed by atoms with Gasteiger partial charge in [0.15, 0.2) is 0 Å². The molecule has 0 saturated carbocycles. The third-order valence-electron chi connectivity index (χ3n) is 3.78. The molecule has 0 bridgehead atoms. The number of unbranched alkanes of at least 4 members (excludes halogenated alkanes) is 1. The van der Waals surface area contributed by atoms with Crippen molar-refractivity contribution in [3.05, 3.63) is 30.3 Å². The van der Waals surface area contributed by atoms with Crippen LogP contribution in [0.2, 0.25) is 0 Å². The minimum atomic E-state index is 0.562. The monoisotopic (exact) mass is 276 g/mol. The number of anilines is 1. The molecule has 20 heavy (non-hydrogen) atoms. The zero-order chi connectivity index (χ0) is 14.8. The van der Waals surface area contributed by atoms with E-state index in [1.165, 1.54) is 24.9 Å². The summed E-state index contributed by atoms with van der Waals surface area (Å²) in [5.74, 6) is 0.661. The van der Waals surface area contributed by atoms with Gasteiger partial charge in [-0.05, 0) is 37.4 Å². The Hall–Kier alpha value is -1.02. The largest absolute Gasteiger partial charge is 0.370 e. The van der Waals surface area contributed by atoms with E-state index in [1.54, 1.807) is 0 Å². The maximum atomic E-state index is 3.70. The average molecular weight is 276 g/mol. The molecule has 0 aromatic heterocycles. The molecule has 0 aliphatic heterocycles. The summed E-state index contributed by atoms with van der Waals surface area (Å²) in [6, 6.07) is 11.4. The number of para-hydroxylation sites is 1. The molecule has 0 spiro atoms. The van der Waals surface area contributed by atoms with Gasteiger partial charge in [-0.3, -0.25) is 0 Å². The lowest BCUT2D eigenvalue weighted by Crippen LogP contribution is -2.45. The number of rotatable bonds is 10. The van der Waals surface area contributed by atoms with Crippen LogP contribution >= 0.6 is 0 Å². The fourth-order valence-electron chi connectivity index (χ4n) is 2.39. The second kappa shape index (κ2) is 9.82. The first-order chi connectivity index (χ1) is 9.69. The number of hydrogen-bond acceptors (Lipinski definition) is 2. The van der Waals surface area contributed by atoms with Crippen LogP contribution in [0.5, 0.6) is 0 Å². The summed E-state index contributed by atoms with van der Waals surface area (Å²) in [6.45, 7) is 12.5. The van der Waals surface area contributed by atoms with Crippen LogP contribution in [0, 0.1) is 5.92 Å². The Bertz CT molecular complexity index is 335. The van der Waals surface area contributed by atoms with E-state index in [9.17, 15) is 0 Å².